The Hall–Kier alpha value is -1.44. The van der Waals surface area contributed by atoms with Gasteiger partial charge in [0.1, 0.15) is 5.82 Å². The minimum absolute atomic E-state index is 0.168. The van der Waals surface area contributed by atoms with Crippen LogP contribution in [0.1, 0.15) is 32.0 Å². The first-order valence-corrected chi connectivity index (χ1v) is 5.46. The van der Waals surface area contributed by atoms with Gasteiger partial charge in [0, 0.05) is 16.6 Å². The van der Waals surface area contributed by atoms with Gasteiger partial charge in [-0.3, -0.25) is 4.98 Å². The highest BCUT2D eigenvalue weighted by Crippen LogP contribution is 2.31. The molecule has 0 fully saturated rings. The lowest BCUT2D eigenvalue weighted by molar-refractivity contribution is 0.527. The summed E-state index contributed by atoms with van der Waals surface area (Å²) in [6.45, 7) is 7.95. The van der Waals surface area contributed by atoms with Crippen LogP contribution in [0.25, 0.3) is 10.9 Å². The van der Waals surface area contributed by atoms with Crippen molar-refractivity contribution in [3.8, 4) is 0 Å². The molecule has 0 saturated heterocycles. The Morgan fingerprint density at radius 1 is 1.06 bits per heavy atom. The van der Waals surface area contributed by atoms with Crippen molar-refractivity contribution in [3.63, 3.8) is 0 Å². The van der Waals surface area contributed by atoms with E-state index < -0.39 is 0 Å². The normalized spacial score (nSPS) is 12.1. The number of fused-ring (bicyclic) bond motifs is 1. The van der Waals surface area contributed by atoms with E-state index in [2.05, 4.69) is 4.98 Å². The predicted molar refractivity (Wildman–Crippen MR) is 65.1 cm³/mol. The molecule has 1 heterocycles. The molecule has 1 aromatic carbocycles. The molecule has 0 aliphatic carbocycles. The zero-order chi connectivity index (χ0) is 11.9. The molecule has 84 valence electrons. The van der Waals surface area contributed by atoms with Gasteiger partial charge in [0.2, 0.25) is 0 Å². The van der Waals surface area contributed by atoms with E-state index in [0.29, 0.717) is 5.56 Å². The Balaban J connectivity index is 2.88. The number of rotatable bonds is 0. The van der Waals surface area contributed by atoms with Crippen molar-refractivity contribution in [2.45, 2.75) is 33.1 Å². The van der Waals surface area contributed by atoms with Crippen LogP contribution in [0.15, 0.2) is 24.3 Å². The van der Waals surface area contributed by atoms with E-state index in [-0.39, 0.29) is 11.2 Å². The molecule has 0 aliphatic rings. The summed E-state index contributed by atoms with van der Waals surface area (Å²) in [6.07, 6.45) is 0. The molecule has 0 spiro atoms. The van der Waals surface area contributed by atoms with E-state index in [0.717, 1.165) is 16.6 Å². The average Bonchev–Trinajstić information content (AvgIpc) is 2.14. The molecule has 0 bridgehead atoms. The maximum absolute atomic E-state index is 13.9. The van der Waals surface area contributed by atoms with Crippen LogP contribution in [-0.4, -0.2) is 4.98 Å². The second-order valence-electron chi connectivity index (χ2n) is 5.20. The number of halogens is 1. The fourth-order valence-electron chi connectivity index (χ4n) is 1.98. The Morgan fingerprint density at radius 3 is 2.31 bits per heavy atom. The van der Waals surface area contributed by atoms with Crippen LogP contribution in [0.3, 0.4) is 0 Å². The highest BCUT2D eigenvalue weighted by molar-refractivity contribution is 5.83. The Labute approximate surface area is 95.3 Å². The minimum Gasteiger partial charge on any atom is -0.253 e. The van der Waals surface area contributed by atoms with Crippen LogP contribution in [0.5, 0.6) is 0 Å². The van der Waals surface area contributed by atoms with Crippen molar-refractivity contribution in [2.24, 2.45) is 0 Å². The van der Waals surface area contributed by atoms with Crippen molar-refractivity contribution in [3.05, 3.63) is 41.3 Å². The molecule has 0 radical (unpaired) electrons. The van der Waals surface area contributed by atoms with Crippen LogP contribution in [-0.2, 0) is 5.41 Å². The number of hydrogen-bond donors (Lipinski definition) is 0. The van der Waals surface area contributed by atoms with Gasteiger partial charge in [-0.05, 0) is 30.5 Å². The minimum atomic E-state index is -0.232. The topological polar surface area (TPSA) is 12.9 Å². The number of pyridine rings is 1. The molecule has 16 heavy (non-hydrogen) atoms. The number of benzene rings is 1. The molecule has 0 amide bonds. The molecule has 1 aromatic heterocycles. The predicted octanol–water partition coefficient (Wildman–Crippen LogP) is 3.98. The lowest BCUT2D eigenvalue weighted by Gasteiger charge is -2.21. The first kappa shape index (κ1) is 11.1. The quantitative estimate of drug-likeness (QED) is 0.650. The van der Waals surface area contributed by atoms with Gasteiger partial charge in [-0.1, -0.05) is 26.8 Å². The van der Waals surface area contributed by atoms with Gasteiger partial charge in [0.25, 0.3) is 0 Å². The van der Waals surface area contributed by atoms with Crippen molar-refractivity contribution in [1.82, 2.24) is 4.98 Å². The van der Waals surface area contributed by atoms with Gasteiger partial charge in [0.15, 0.2) is 0 Å². The van der Waals surface area contributed by atoms with Crippen LogP contribution in [0.2, 0.25) is 0 Å². The lowest BCUT2D eigenvalue weighted by Crippen LogP contribution is -2.15. The largest absolute Gasteiger partial charge is 0.253 e. The maximum atomic E-state index is 13.9. The Kier molecular flexibility index (Phi) is 2.45. The molecular formula is C14H16FN. The molecule has 2 aromatic rings. The molecule has 0 saturated carbocycles. The standard InChI is InChI=1S/C14H16FN/c1-9-5-6-10-7-8-11(15)12(13(10)16-9)14(2,3)4/h5-8H,1-4H3. The summed E-state index contributed by atoms with van der Waals surface area (Å²) in [5.41, 5.74) is 2.18. The highest BCUT2D eigenvalue weighted by atomic mass is 19.1. The van der Waals surface area contributed by atoms with Gasteiger partial charge in [-0.15, -0.1) is 0 Å². The molecule has 2 rings (SSSR count). The van der Waals surface area contributed by atoms with Gasteiger partial charge >= 0.3 is 0 Å². The highest BCUT2D eigenvalue weighted by Gasteiger charge is 2.22. The monoisotopic (exact) mass is 217 g/mol. The van der Waals surface area contributed by atoms with E-state index in [1.54, 1.807) is 6.07 Å². The van der Waals surface area contributed by atoms with Crippen LogP contribution < -0.4 is 0 Å². The number of aryl methyl sites for hydroxylation is 1. The van der Waals surface area contributed by atoms with E-state index in [4.69, 9.17) is 0 Å². The first-order valence-electron chi connectivity index (χ1n) is 5.46. The van der Waals surface area contributed by atoms with Crippen molar-refractivity contribution in [1.29, 1.82) is 0 Å². The van der Waals surface area contributed by atoms with E-state index >= 15 is 0 Å². The summed E-state index contributed by atoms with van der Waals surface area (Å²) >= 11 is 0. The van der Waals surface area contributed by atoms with E-state index in [9.17, 15) is 4.39 Å². The third kappa shape index (κ3) is 1.80. The Morgan fingerprint density at radius 2 is 1.69 bits per heavy atom. The summed E-state index contributed by atoms with van der Waals surface area (Å²) in [6, 6.07) is 7.26. The second kappa shape index (κ2) is 3.55. The van der Waals surface area contributed by atoms with Gasteiger partial charge in [-0.2, -0.15) is 0 Å². The maximum Gasteiger partial charge on any atom is 0.129 e. The van der Waals surface area contributed by atoms with Crippen LogP contribution >= 0.6 is 0 Å². The Bertz CT molecular complexity index is 533. The van der Waals surface area contributed by atoms with Crippen molar-refractivity contribution in [2.75, 3.05) is 0 Å². The van der Waals surface area contributed by atoms with Gasteiger partial charge < -0.3 is 0 Å². The molecule has 1 nitrogen and oxygen atoms in total. The molecular weight excluding hydrogens is 201 g/mol. The molecule has 0 aliphatic heterocycles. The lowest BCUT2D eigenvalue weighted by atomic mass is 9.85. The third-order valence-corrected chi connectivity index (χ3v) is 2.70. The zero-order valence-corrected chi connectivity index (χ0v) is 10.1. The third-order valence-electron chi connectivity index (χ3n) is 2.70. The van der Waals surface area contributed by atoms with Crippen LogP contribution in [0, 0.1) is 12.7 Å². The molecule has 2 heteroatoms. The smallest absolute Gasteiger partial charge is 0.129 e. The van der Waals surface area contributed by atoms with Gasteiger partial charge in [0.05, 0.1) is 5.52 Å². The fraction of sp³-hybridized carbons (Fsp3) is 0.357. The van der Waals surface area contributed by atoms with Gasteiger partial charge in [-0.25, -0.2) is 4.39 Å². The number of hydrogen-bond acceptors (Lipinski definition) is 1. The average molecular weight is 217 g/mol. The fourth-order valence-corrected chi connectivity index (χ4v) is 1.98. The van der Waals surface area contributed by atoms with Crippen LogP contribution in [0.4, 0.5) is 4.39 Å². The molecule has 0 unspecified atom stereocenters. The van der Waals surface area contributed by atoms with Crippen molar-refractivity contribution >= 4 is 10.9 Å². The summed E-state index contributed by atoms with van der Waals surface area (Å²) in [7, 11) is 0. The number of nitrogens with zero attached hydrogens (tertiary/aromatic N) is 1. The summed E-state index contributed by atoms with van der Waals surface area (Å²) in [4.78, 5) is 4.46. The zero-order valence-electron chi connectivity index (χ0n) is 10.1. The summed E-state index contributed by atoms with van der Waals surface area (Å²) in [5.74, 6) is -0.168. The summed E-state index contributed by atoms with van der Waals surface area (Å²) < 4.78 is 13.9. The number of aromatic nitrogens is 1. The van der Waals surface area contributed by atoms with Crippen molar-refractivity contribution < 1.29 is 4.39 Å². The van der Waals surface area contributed by atoms with E-state index in [1.807, 2.05) is 39.8 Å². The first-order chi connectivity index (χ1) is 7.39. The van der Waals surface area contributed by atoms with E-state index in [1.165, 1.54) is 6.07 Å². The SMILES string of the molecule is Cc1ccc2ccc(F)c(C(C)(C)C)c2n1. The summed E-state index contributed by atoms with van der Waals surface area (Å²) in [5, 5.41) is 0.997. The molecule has 0 atom stereocenters. The molecule has 0 N–H and O–H groups in total. The second-order valence-corrected chi connectivity index (χ2v) is 5.20.